The maximum Gasteiger partial charge on any atom is 0.257 e. The third-order valence-electron chi connectivity index (χ3n) is 5.41. The largest absolute Gasteiger partial charge is 0.338 e. The van der Waals surface area contributed by atoms with Crippen molar-refractivity contribution in [2.75, 3.05) is 13.1 Å². The second-order valence-electron chi connectivity index (χ2n) is 7.42. The fourth-order valence-corrected chi connectivity index (χ4v) is 4.30. The van der Waals surface area contributed by atoms with Gasteiger partial charge in [0.1, 0.15) is 12.4 Å². The normalized spacial score (nSPS) is 28.6. The van der Waals surface area contributed by atoms with Gasteiger partial charge in [-0.05, 0) is 12.3 Å². The molecule has 2 aliphatic rings. The molecule has 0 bridgehead atoms. The summed E-state index contributed by atoms with van der Waals surface area (Å²) < 4.78 is 0. The van der Waals surface area contributed by atoms with Gasteiger partial charge in [-0.1, -0.05) is 26.8 Å². The van der Waals surface area contributed by atoms with Crippen molar-refractivity contribution < 1.29 is 9.59 Å². The van der Waals surface area contributed by atoms with Gasteiger partial charge in [0.25, 0.3) is 5.91 Å². The molecule has 2 heterocycles. The Labute approximate surface area is 141 Å². The van der Waals surface area contributed by atoms with E-state index < -0.39 is 10.8 Å². The van der Waals surface area contributed by atoms with E-state index in [9.17, 15) is 14.9 Å². The molecular formula is C18H20N4O2. The number of ketones is 1. The van der Waals surface area contributed by atoms with Crippen molar-refractivity contribution in [1.82, 2.24) is 14.9 Å². The van der Waals surface area contributed by atoms with Gasteiger partial charge in [-0.3, -0.25) is 9.59 Å². The number of Topliss-reactive ketones (excluding diaryl/α,β-unsaturated/α-hetero) is 1. The van der Waals surface area contributed by atoms with Gasteiger partial charge >= 0.3 is 0 Å². The Morgan fingerprint density at radius 2 is 2.00 bits per heavy atom. The lowest BCUT2D eigenvalue weighted by Crippen LogP contribution is -2.56. The van der Waals surface area contributed by atoms with Crippen molar-refractivity contribution in [2.24, 2.45) is 16.7 Å². The fraction of sp³-hybridized carbons (Fsp3) is 0.500. The van der Waals surface area contributed by atoms with Crippen molar-refractivity contribution in [1.29, 1.82) is 5.26 Å². The number of hydrogen-bond acceptors (Lipinski definition) is 5. The number of fused-ring (bicyclic) bond motifs is 1. The number of nitrogens with zero attached hydrogens (tertiary/aromatic N) is 4. The number of hydrogen-bond donors (Lipinski definition) is 0. The first-order chi connectivity index (χ1) is 11.3. The van der Waals surface area contributed by atoms with Crippen LogP contribution in [-0.4, -0.2) is 39.6 Å². The summed E-state index contributed by atoms with van der Waals surface area (Å²) in [5.41, 5.74) is -0.336. The minimum absolute atomic E-state index is 0.0938. The lowest BCUT2D eigenvalue weighted by molar-refractivity contribution is -0.131. The van der Waals surface area contributed by atoms with Crippen molar-refractivity contribution in [3.8, 4) is 6.07 Å². The Bertz CT molecular complexity index is 763. The van der Waals surface area contributed by atoms with E-state index in [1.165, 1.54) is 18.7 Å². The Morgan fingerprint density at radius 1 is 1.33 bits per heavy atom. The van der Waals surface area contributed by atoms with E-state index >= 15 is 0 Å². The number of piperidine rings is 1. The summed E-state index contributed by atoms with van der Waals surface area (Å²) >= 11 is 0. The van der Waals surface area contributed by atoms with E-state index in [1.807, 2.05) is 26.8 Å². The molecule has 1 aliphatic carbocycles. The van der Waals surface area contributed by atoms with Gasteiger partial charge in [0.2, 0.25) is 0 Å². The van der Waals surface area contributed by atoms with Crippen LogP contribution in [0.5, 0.6) is 0 Å². The molecule has 6 heteroatoms. The summed E-state index contributed by atoms with van der Waals surface area (Å²) in [6, 6.07) is 2.03. The van der Waals surface area contributed by atoms with Gasteiger partial charge < -0.3 is 4.90 Å². The molecule has 0 unspecified atom stereocenters. The van der Waals surface area contributed by atoms with Crippen LogP contribution in [0.1, 0.15) is 37.6 Å². The molecule has 124 valence electrons. The van der Waals surface area contributed by atoms with E-state index in [2.05, 4.69) is 9.97 Å². The number of carbonyl (C=O) groups excluding carboxylic acids is 2. The third-order valence-corrected chi connectivity index (χ3v) is 5.41. The molecular weight excluding hydrogens is 304 g/mol. The number of amides is 1. The van der Waals surface area contributed by atoms with Crippen molar-refractivity contribution >= 4 is 11.7 Å². The summed E-state index contributed by atoms with van der Waals surface area (Å²) in [6.45, 7) is 6.91. The number of rotatable bonds is 1. The van der Waals surface area contributed by atoms with Gasteiger partial charge in [-0.25, -0.2) is 9.97 Å². The van der Waals surface area contributed by atoms with E-state index in [0.29, 0.717) is 18.7 Å². The molecule has 1 aromatic heterocycles. The molecule has 1 aromatic rings. The smallest absolute Gasteiger partial charge is 0.257 e. The fourth-order valence-electron chi connectivity index (χ4n) is 4.30. The Kier molecular flexibility index (Phi) is 3.75. The zero-order valence-corrected chi connectivity index (χ0v) is 14.1. The molecule has 1 amide bonds. The van der Waals surface area contributed by atoms with Crippen LogP contribution in [0.15, 0.2) is 30.4 Å². The Morgan fingerprint density at radius 3 is 2.62 bits per heavy atom. The Balaban J connectivity index is 1.94. The zero-order chi connectivity index (χ0) is 17.5. The highest BCUT2D eigenvalue weighted by atomic mass is 16.2. The van der Waals surface area contributed by atoms with Crippen molar-refractivity contribution in [3.63, 3.8) is 0 Å². The van der Waals surface area contributed by atoms with Gasteiger partial charge in [0.05, 0.1) is 11.1 Å². The monoisotopic (exact) mass is 324 g/mol. The molecule has 0 radical (unpaired) electrons. The van der Waals surface area contributed by atoms with Crippen molar-refractivity contribution in [2.45, 2.75) is 27.2 Å². The lowest BCUT2D eigenvalue weighted by Gasteiger charge is -2.52. The predicted molar refractivity (Wildman–Crippen MR) is 86.6 cm³/mol. The van der Waals surface area contributed by atoms with Gasteiger partial charge in [-0.2, -0.15) is 5.26 Å². The molecule has 0 aromatic carbocycles. The molecule has 0 N–H and O–H groups in total. The molecule has 1 aliphatic heterocycles. The summed E-state index contributed by atoms with van der Waals surface area (Å²) in [5, 5.41) is 9.32. The van der Waals surface area contributed by atoms with Crippen LogP contribution in [0.3, 0.4) is 0 Å². The first-order valence-corrected chi connectivity index (χ1v) is 8.01. The predicted octanol–water partition coefficient (Wildman–Crippen LogP) is 2.00. The molecule has 1 fully saturated rings. The highest BCUT2D eigenvalue weighted by molar-refractivity contribution is 6.04. The molecule has 24 heavy (non-hydrogen) atoms. The van der Waals surface area contributed by atoms with Crippen LogP contribution in [0.2, 0.25) is 0 Å². The first kappa shape index (κ1) is 16.3. The topological polar surface area (TPSA) is 87.0 Å². The number of allylic oxidation sites excluding steroid dienone is 1. The Hall–Kier alpha value is -2.55. The van der Waals surface area contributed by atoms with E-state index in [0.717, 1.165) is 6.42 Å². The number of aromatic nitrogens is 2. The minimum atomic E-state index is -0.598. The molecule has 2 atom stereocenters. The van der Waals surface area contributed by atoms with E-state index in [1.54, 1.807) is 11.0 Å². The quantitative estimate of drug-likeness (QED) is 0.788. The highest BCUT2D eigenvalue weighted by Crippen LogP contribution is 2.52. The average Bonchev–Trinajstić information content (AvgIpc) is 2.58. The zero-order valence-electron chi connectivity index (χ0n) is 14.1. The van der Waals surface area contributed by atoms with Crippen LogP contribution in [0.25, 0.3) is 0 Å². The number of likely N-dealkylation sites (tertiary alicyclic amines) is 1. The van der Waals surface area contributed by atoms with E-state index in [4.69, 9.17) is 0 Å². The van der Waals surface area contributed by atoms with Crippen LogP contribution >= 0.6 is 0 Å². The molecule has 3 rings (SSSR count). The highest BCUT2D eigenvalue weighted by Gasteiger charge is 2.53. The third kappa shape index (κ3) is 2.41. The number of carbonyl (C=O) groups is 2. The maximum atomic E-state index is 12.7. The molecule has 1 saturated heterocycles. The standard InChI is InChI=1S/C18H20N4O2/c1-17(2)14-4-5-22(16(24)13-8-20-11-21-9-13)10-18(14,3)6-12(7-19)15(17)23/h6,8-9,11,14H,4-5,10H2,1-3H3/t14-,18+/m1/s1. The summed E-state index contributed by atoms with van der Waals surface area (Å²) in [6.07, 6.45) is 6.90. The SMILES string of the molecule is CC1(C)C(=O)C(C#N)=C[C@@]2(C)CN(C(=O)c3cncnc3)CC[C@H]12. The van der Waals surface area contributed by atoms with Crippen molar-refractivity contribution in [3.05, 3.63) is 35.9 Å². The number of nitriles is 1. The second-order valence-corrected chi connectivity index (χ2v) is 7.42. The summed E-state index contributed by atoms with van der Waals surface area (Å²) in [4.78, 5) is 34.8. The summed E-state index contributed by atoms with van der Waals surface area (Å²) in [5.74, 6) is -0.105. The van der Waals surface area contributed by atoms with Crippen LogP contribution in [-0.2, 0) is 4.79 Å². The first-order valence-electron chi connectivity index (χ1n) is 8.01. The van der Waals surface area contributed by atoms with Gasteiger partial charge in [-0.15, -0.1) is 0 Å². The van der Waals surface area contributed by atoms with Gasteiger partial charge in [0, 0.05) is 36.3 Å². The second kappa shape index (κ2) is 5.52. The van der Waals surface area contributed by atoms with Crippen LogP contribution in [0, 0.1) is 28.1 Å². The molecule has 6 nitrogen and oxygen atoms in total. The van der Waals surface area contributed by atoms with Gasteiger partial charge in [0.15, 0.2) is 5.78 Å². The minimum Gasteiger partial charge on any atom is -0.338 e. The van der Waals surface area contributed by atoms with Crippen LogP contribution < -0.4 is 0 Å². The average molecular weight is 324 g/mol. The van der Waals surface area contributed by atoms with E-state index in [-0.39, 0.29) is 23.2 Å². The van der Waals surface area contributed by atoms with Crippen LogP contribution in [0.4, 0.5) is 0 Å². The summed E-state index contributed by atoms with van der Waals surface area (Å²) in [7, 11) is 0. The molecule has 0 saturated carbocycles. The molecule has 0 spiro atoms. The lowest BCUT2D eigenvalue weighted by atomic mass is 9.55. The maximum absolute atomic E-state index is 12.7.